The first-order valence-electron chi connectivity index (χ1n) is 10.6. The smallest absolute Gasteiger partial charge is 0.317 e. The van der Waals surface area contributed by atoms with Gasteiger partial charge in [-0.15, -0.1) is 0 Å². The van der Waals surface area contributed by atoms with E-state index in [1.54, 1.807) is 12.1 Å². The largest absolute Gasteiger partial charge is 0.467 e. The van der Waals surface area contributed by atoms with Gasteiger partial charge in [0.1, 0.15) is 17.3 Å². The standard InChI is InChI=1S/C23H21FN6O6/c1-22(20(32)34-10-8-25)11-35-23(18(26)31,36-12-22)19-29-16(13-3-5-14(24)6-4-13)17(30-19)15-7-9-27-21(28-15)33-2/h3-7,9H,10-12H2,1-2H3,(H2,26,31)(H,29,30). The number of carbonyl (C=O) groups excluding carboxylic acids is 2. The Balaban J connectivity index is 1.78. The minimum absolute atomic E-state index is 0.0788. The van der Waals surface area contributed by atoms with Crippen molar-refractivity contribution in [2.24, 2.45) is 11.1 Å². The van der Waals surface area contributed by atoms with Crippen molar-refractivity contribution in [1.29, 1.82) is 5.26 Å². The number of hydrogen-bond donors (Lipinski definition) is 2. The summed E-state index contributed by atoms with van der Waals surface area (Å²) in [7, 11) is 1.41. The van der Waals surface area contributed by atoms with Crippen molar-refractivity contribution >= 4 is 11.9 Å². The molecule has 2 aromatic heterocycles. The Labute approximate surface area is 204 Å². The Kier molecular flexibility index (Phi) is 6.65. The molecule has 12 nitrogen and oxygen atoms in total. The molecule has 1 amide bonds. The van der Waals surface area contributed by atoms with E-state index in [1.807, 2.05) is 0 Å². The Hall–Kier alpha value is -4.41. The van der Waals surface area contributed by atoms with Crippen LogP contribution in [-0.4, -0.2) is 58.7 Å². The van der Waals surface area contributed by atoms with Crippen molar-refractivity contribution in [1.82, 2.24) is 19.9 Å². The number of hydrogen-bond acceptors (Lipinski definition) is 10. The van der Waals surface area contributed by atoms with Crippen molar-refractivity contribution in [2.75, 3.05) is 26.9 Å². The van der Waals surface area contributed by atoms with Crippen molar-refractivity contribution in [3.63, 3.8) is 0 Å². The van der Waals surface area contributed by atoms with E-state index in [4.69, 9.17) is 29.9 Å². The number of aromatic amines is 1. The molecule has 3 N–H and O–H groups in total. The number of ether oxygens (including phenoxy) is 4. The molecule has 1 aromatic carbocycles. The molecular formula is C23H21FN6O6. The van der Waals surface area contributed by atoms with Crippen LogP contribution in [0.15, 0.2) is 36.5 Å². The molecule has 0 radical (unpaired) electrons. The van der Waals surface area contributed by atoms with Gasteiger partial charge in [0.05, 0.1) is 37.4 Å². The summed E-state index contributed by atoms with van der Waals surface area (Å²) < 4.78 is 35.0. The number of nitrogens with one attached hydrogen (secondary N) is 1. The number of methoxy groups -OCH3 is 1. The van der Waals surface area contributed by atoms with Gasteiger partial charge in [0, 0.05) is 11.8 Å². The molecule has 0 unspecified atom stereocenters. The van der Waals surface area contributed by atoms with E-state index >= 15 is 0 Å². The Morgan fingerprint density at radius 2 is 1.92 bits per heavy atom. The monoisotopic (exact) mass is 496 g/mol. The van der Waals surface area contributed by atoms with Crippen LogP contribution in [0.25, 0.3) is 22.6 Å². The molecule has 0 saturated carbocycles. The maximum Gasteiger partial charge on any atom is 0.317 e. The summed E-state index contributed by atoms with van der Waals surface area (Å²) in [5.41, 5.74) is 5.84. The van der Waals surface area contributed by atoms with Crippen molar-refractivity contribution in [2.45, 2.75) is 12.7 Å². The summed E-state index contributed by atoms with van der Waals surface area (Å²) in [4.78, 5) is 40.8. The summed E-state index contributed by atoms with van der Waals surface area (Å²) in [6, 6.07) is 8.87. The molecular weight excluding hydrogens is 475 g/mol. The summed E-state index contributed by atoms with van der Waals surface area (Å²) in [5.74, 6) is -4.51. The number of aromatic nitrogens is 4. The lowest BCUT2D eigenvalue weighted by Gasteiger charge is -2.40. The zero-order valence-corrected chi connectivity index (χ0v) is 19.3. The number of nitrogens with two attached hydrogens (primary N) is 1. The first kappa shape index (κ1) is 24.7. The predicted molar refractivity (Wildman–Crippen MR) is 119 cm³/mol. The van der Waals surface area contributed by atoms with E-state index in [1.165, 1.54) is 44.5 Å². The first-order valence-corrected chi connectivity index (χ1v) is 10.6. The van der Waals surface area contributed by atoms with Gasteiger partial charge < -0.3 is 29.7 Å². The quantitative estimate of drug-likeness (QED) is 0.455. The van der Waals surface area contributed by atoms with Crippen LogP contribution >= 0.6 is 0 Å². The maximum absolute atomic E-state index is 13.6. The van der Waals surface area contributed by atoms with E-state index in [9.17, 15) is 14.0 Å². The normalized spacial score (nSPS) is 21.4. The van der Waals surface area contributed by atoms with Gasteiger partial charge in [-0.2, -0.15) is 10.2 Å². The summed E-state index contributed by atoms with van der Waals surface area (Å²) >= 11 is 0. The van der Waals surface area contributed by atoms with Crippen LogP contribution in [0.2, 0.25) is 0 Å². The highest BCUT2D eigenvalue weighted by atomic mass is 19.1. The molecule has 0 bridgehead atoms. The zero-order valence-electron chi connectivity index (χ0n) is 19.3. The molecule has 3 heterocycles. The summed E-state index contributed by atoms with van der Waals surface area (Å²) in [6.45, 7) is 0.426. The van der Waals surface area contributed by atoms with Crippen LogP contribution in [-0.2, 0) is 29.6 Å². The molecule has 4 rings (SSSR count). The third-order valence-electron chi connectivity index (χ3n) is 5.48. The molecule has 0 atom stereocenters. The van der Waals surface area contributed by atoms with Crippen LogP contribution in [0.4, 0.5) is 4.39 Å². The fourth-order valence-electron chi connectivity index (χ4n) is 3.50. The number of nitrogens with zero attached hydrogens (tertiary/aromatic N) is 4. The third-order valence-corrected chi connectivity index (χ3v) is 5.48. The minimum Gasteiger partial charge on any atom is -0.467 e. The molecule has 1 fully saturated rings. The van der Waals surface area contributed by atoms with Gasteiger partial charge in [-0.1, -0.05) is 0 Å². The lowest BCUT2D eigenvalue weighted by Crippen LogP contribution is -2.56. The van der Waals surface area contributed by atoms with Crippen LogP contribution in [0, 0.1) is 22.6 Å². The van der Waals surface area contributed by atoms with Gasteiger partial charge in [0.25, 0.3) is 5.91 Å². The number of nitriles is 1. The first-order chi connectivity index (χ1) is 17.2. The topological polar surface area (TPSA) is 175 Å². The molecule has 3 aromatic rings. The van der Waals surface area contributed by atoms with E-state index in [0.29, 0.717) is 22.6 Å². The van der Waals surface area contributed by atoms with Gasteiger partial charge in [-0.25, -0.2) is 14.4 Å². The highest BCUT2D eigenvalue weighted by Crippen LogP contribution is 2.39. The third kappa shape index (κ3) is 4.47. The van der Waals surface area contributed by atoms with Crippen LogP contribution in [0.1, 0.15) is 12.7 Å². The number of H-pyrrole nitrogens is 1. The predicted octanol–water partition coefficient (Wildman–Crippen LogP) is 1.44. The second-order valence-corrected chi connectivity index (χ2v) is 8.10. The number of carbonyl (C=O) groups is 2. The summed E-state index contributed by atoms with van der Waals surface area (Å²) in [5, 5.41) is 8.67. The maximum atomic E-state index is 13.6. The minimum atomic E-state index is -2.18. The molecule has 0 spiro atoms. The van der Waals surface area contributed by atoms with Crippen molar-refractivity contribution in [3.8, 4) is 34.7 Å². The average molecular weight is 496 g/mol. The fraction of sp³-hybridized carbons (Fsp3) is 0.304. The lowest BCUT2D eigenvalue weighted by molar-refractivity contribution is -0.293. The summed E-state index contributed by atoms with van der Waals surface area (Å²) in [6.07, 6.45) is 1.46. The Bertz CT molecular complexity index is 1330. The second kappa shape index (κ2) is 9.68. The number of amides is 1. The number of imidazole rings is 1. The molecule has 13 heteroatoms. The Morgan fingerprint density at radius 3 is 2.53 bits per heavy atom. The highest BCUT2D eigenvalue weighted by molar-refractivity contribution is 5.85. The van der Waals surface area contributed by atoms with E-state index in [0.717, 1.165) is 0 Å². The fourth-order valence-corrected chi connectivity index (χ4v) is 3.50. The molecule has 36 heavy (non-hydrogen) atoms. The van der Waals surface area contributed by atoms with Crippen molar-refractivity contribution < 1.29 is 32.9 Å². The Morgan fingerprint density at radius 1 is 1.22 bits per heavy atom. The van der Waals surface area contributed by atoms with Crippen LogP contribution in [0.5, 0.6) is 6.01 Å². The zero-order chi connectivity index (χ0) is 25.9. The highest BCUT2D eigenvalue weighted by Gasteiger charge is 2.54. The van der Waals surface area contributed by atoms with Gasteiger partial charge in [0.2, 0.25) is 0 Å². The van der Waals surface area contributed by atoms with Crippen LogP contribution < -0.4 is 10.5 Å². The van der Waals surface area contributed by atoms with E-state index < -0.39 is 35.5 Å². The molecule has 0 aliphatic carbocycles. The molecule has 1 aliphatic heterocycles. The van der Waals surface area contributed by atoms with Gasteiger partial charge in [-0.05, 0) is 37.3 Å². The van der Waals surface area contributed by atoms with Gasteiger partial charge in [-0.3, -0.25) is 9.59 Å². The number of halogens is 1. The molecule has 1 saturated heterocycles. The van der Waals surface area contributed by atoms with Crippen LogP contribution in [0.3, 0.4) is 0 Å². The van der Waals surface area contributed by atoms with Gasteiger partial charge in [0.15, 0.2) is 12.4 Å². The second-order valence-electron chi connectivity index (χ2n) is 8.10. The molecule has 1 aliphatic rings. The SMILES string of the molecule is COc1nccc(-c2[nH]c(C3(C(N)=O)OCC(C)(C(=O)OCC#N)CO3)nc2-c2ccc(F)cc2)n1. The lowest BCUT2D eigenvalue weighted by atomic mass is 9.91. The molecule has 186 valence electrons. The van der Waals surface area contributed by atoms with E-state index in [-0.39, 0.29) is 25.0 Å². The van der Waals surface area contributed by atoms with Crippen molar-refractivity contribution in [3.05, 3.63) is 48.2 Å². The van der Waals surface area contributed by atoms with Gasteiger partial charge >= 0.3 is 17.8 Å². The number of esters is 1. The average Bonchev–Trinajstić information content (AvgIpc) is 3.34. The number of primary amides is 1. The van der Waals surface area contributed by atoms with E-state index in [2.05, 4.69) is 19.9 Å². The number of benzene rings is 1. The number of rotatable bonds is 7.